The van der Waals surface area contributed by atoms with Crippen LogP contribution in [0.1, 0.15) is 18.2 Å². The Morgan fingerprint density at radius 1 is 1.18 bits per heavy atom. The van der Waals surface area contributed by atoms with Crippen molar-refractivity contribution in [3.05, 3.63) is 69.4 Å². The SMILES string of the molecule is CC(O)Cc1csc(-c2cc(Cl)ccc2OCCc2cc(F)c(F)c(F)c2)n1. The number of thiazole rings is 1. The molecule has 1 N–H and O–H groups in total. The topological polar surface area (TPSA) is 42.4 Å². The average Bonchev–Trinajstić information content (AvgIpc) is 3.08. The Labute approximate surface area is 169 Å². The fraction of sp³-hybridized carbons (Fsp3) is 0.250. The van der Waals surface area contributed by atoms with Gasteiger partial charge in [0.1, 0.15) is 10.8 Å². The maximum atomic E-state index is 13.3. The standard InChI is InChI=1S/C20H17ClF3NO2S/c1-11(26)6-14-10-28-20(25-14)15-9-13(21)2-3-18(15)27-5-4-12-7-16(22)19(24)17(23)8-12/h2-3,7-11,26H,4-6H2,1H3. The summed E-state index contributed by atoms with van der Waals surface area (Å²) < 4.78 is 45.4. The van der Waals surface area contributed by atoms with E-state index < -0.39 is 23.6 Å². The lowest BCUT2D eigenvalue weighted by Gasteiger charge is -2.11. The predicted octanol–water partition coefficient (Wildman–Crippen LogP) is 5.43. The first kappa shape index (κ1) is 20.6. The smallest absolute Gasteiger partial charge is 0.194 e. The van der Waals surface area contributed by atoms with Gasteiger partial charge < -0.3 is 9.84 Å². The molecule has 1 atom stereocenters. The quantitative estimate of drug-likeness (QED) is 0.511. The molecule has 0 aliphatic heterocycles. The van der Waals surface area contributed by atoms with Gasteiger partial charge in [0.25, 0.3) is 0 Å². The van der Waals surface area contributed by atoms with Gasteiger partial charge in [-0.2, -0.15) is 0 Å². The molecule has 0 spiro atoms. The zero-order valence-electron chi connectivity index (χ0n) is 14.9. The first-order chi connectivity index (χ1) is 13.3. The Balaban J connectivity index is 1.75. The molecule has 3 nitrogen and oxygen atoms in total. The highest BCUT2D eigenvalue weighted by atomic mass is 35.5. The Bertz CT molecular complexity index is 955. The van der Waals surface area contributed by atoms with Crippen LogP contribution in [0.2, 0.25) is 5.02 Å². The van der Waals surface area contributed by atoms with Crippen LogP contribution in [-0.4, -0.2) is 22.8 Å². The first-order valence-electron chi connectivity index (χ1n) is 8.52. The molecule has 1 unspecified atom stereocenters. The molecule has 0 aliphatic rings. The largest absolute Gasteiger partial charge is 0.493 e. The van der Waals surface area contributed by atoms with Gasteiger partial charge in [-0.15, -0.1) is 11.3 Å². The summed E-state index contributed by atoms with van der Waals surface area (Å²) in [4.78, 5) is 4.50. The summed E-state index contributed by atoms with van der Waals surface area (Å²) in [7, 11) is 0. The van der Waals surface area contributed by atoms with Crippen molar-refractivity contribution < 1.29 is 23.0 Å². The second-order valence-corrected chi connectivity index (χ2v) is 7.60. The van der Waals surface area contributed by atoms with Crippen LogP contribution in [0.4, 0.5) is 13.2 Å². The maximum Gasteiger partial charge on any atom is 0.194 e. The molecule has 8 heteroatoms. The molecule has 0 fully saturated rings. The normalized spacial score (nSPS) is 12.2. The lowest BCUT2D eigenvalue weighted by molar-refractivity contribution is 0.194. The summed E-state index contributed by atoms with van der Waals surface area (Å²) in [6.45, 7) is 1.82. The number of aliphatic hydroxyl groups is 1. The van der Waals surface area contributed by atoms with Crippen LogP contribution in [0, 0.1) is 17.5 Å². The molecule has 0 saturated heterocycles. The van der Waals surface area contributed by atoms with E-state index in [2.05, 4.69) is 4.98 Å². The fourth-order valence-electron chi connectivity index (χ4n) is 2.65. The number of nitrogens with zero attached hydrogens (tertiary/aromatic N) is 1. The van der Waals surface area contributed by atoms with Gasteiger partial charge >= 0.3 is 0 Å². The number of halogens is 4. The van der Waals surface area contributed by atoms with E-state index in [1.807, 2.05) is 5.38 Å². The number of rotatable bonds is 7. The van der Waals surface area contributed by atoms with Crippen LogP contribution in [0.5, 0.6) is 5.75 Å². The third-order valence-corrected chi connectivity index (χ3v) is 5.08. The molecule has 28 heavy (non-hydrogen) atoms. The molecule has 2 aromatic carbocycles. The van der Waals surface area contributed by atoms with E-state index in [-0.39, 0.29) is 13.0 Å². The average molecular weight is 428 g/mol. The molecular weight excluding hydrogens is 411 g/mol. The monoisotopic (exact) mass is 427 g/mol. The number of ether oxygens (including phenoxy) is 1. The molecule has 3 aromatic rings. The van der Waals surface area contributed by atoms with Crippen molar-refractivity contribution in [2.75, 3.05) is 6.61 Å². The highest BCUT2D eigenvalue weighted by Crippen LogP contribution is 2.35. The minimum Gasteiger partial charge on any atom is -0.493 e. The van der Waals surface area contributed by atoms with Gasteiger partial charge in [-0.25, -0.2) is 18.2 Å². The predicted molar refractivity (Wildman–Crippen MR) is 103 cm³/mol. The van der Waals surface area contributed by atoms with E-state index in [9.17, 15) is 18.3 Å². The molecule has 0 radical (unpaired) electrons. The van der Waals surface area contributed by atoms with E-state index in [1.165, 1.54) is 11.3 Å². The summed E-state index contributed by atoms with van der Waals surface area (Å²) in [5.41, 5.74) is 1.74. The van der Waals surface area contributed by atoms with E-state index in [0.717, 1.165) is 17.8 Å². The number of aliphatic hydroxyl groups excluding tert-OH is 1. The van der Waals surface area contributed by atoms with Crippen LogP contribution >= 0.6 is 22.9 Å². The van der Waals surface area contributed by atoms with Crippen molar-refractivity contribution in [1.29, 1.82) is 0 Å². The molecule has 3 rings (SSSR count). The molecule has 0 aliphatic carbocycles. The van der Waals surface area contributed by atoms with E-state index in [4.69, 9.17) is 16.3 Å². The van der Waals surface area contributed by atoms with Gasteiger partial charge in [-0.3, -0.25) is 0 Å². The number of hydrogen-bond donors (Lipinski definition) is 1. The maximum absolute atomic E-state index is 13.3. The summed E-state index contributed by atoms with van der Waals surface area (Å²) >= 11 is 7.50. The van der Waals surface area contributed by atoms with Gasteiger partial charge in [-0.1, -0.05) is 11.6 Å². The summed E-state index contributed by atoms with van der Waals surface area (Å²) in [5.74, 6) is -3.42. The van der Waals surface area contributed by atoms with E-state index in [1.54, 1.807) is 25.1 Å². The second kappa shape index (κ2) is 8.94. The third kappa shape index (κ3) is 5.04. The van der Waals surface area contributed by atoms with E-state index >= 15 is 0 Å². The van der Waals surface area contributed by atoms with Crippen molar-refractivity contribution in [1.82, 2.24) is 4.98 Å². The van der Waals surface area contributed by atoms with Crippen LogP contribution in [0.3, 0.4) is 0 Å². The molecule has 1 heterocycles. The van der Waals surface area contributed by atoms with Crippen molar-refractivity contribution in [3.8, 4) is 16.3 Å². The summed E-state index contributed by atoms with van der Waals surface area (Å²) in [5, 5.41) is 12.6. The zero-order chi connectivity index (χ0) is 20.3. The van der Waals surface area contributed by atoms with Gasteiger partial charge in [0, 0.05) is 23.2 Å². The number of hydrogen-bond acceptors (Lipinski definition) is 4. The lowest BCUT2D eigenvalue weighted by Crippen LogP contribution is -2.05. The molecule has 1 aromatic heterocycles. The minimum absolute atomic E-state index is 0.130. The Hall–Kier alpha value is -2.09. The van der Waals surface area contributed by atoms with Gasteiger partial charge in [0.2, 0.25) is 0 Å². The Kier molecular flexibility index (Phi) is 6.59. The molecule has 148 valence electrons. The van der Waals surface area contributed by atoms with Crippen molar-refractivity contribution in [2.24, 2.45) is 0 Å². The minimum atomic E-state index is -1.48. The van der Waals surface area contributed by atoms with Crippen molar-refractivity contribution >= 4 is 22.9 Å². The van der Waals surface area contributed by atoms with Crippen LogP contribution in [0.25, 0.3) is 10.6 Å². The van der Waals surface area contributed by atoms with Crippen LogP contribution in [0.15, 0.2) is 35.7 Å². The third-order valence-electron chi connectivity index (χ3n) is 3.92. The lowest BCUT2D eigenvalue weighted by atomic mass is 10.1. The Morgan fingerprint density at radius 2 is 1.89 bits per heavy atom. The number of aromatic nitrogens is 1. The zero-order valence-corrected chi connectivity index (χ0v) is 16.5. The second-order valence-electron chi connectivity index (χ2n) is 6.31. The summed E-state index contributed by atoms with van der Waals surface area (Å²) in [6.07, 6.45) is 0.137. The highest BCUT2D eigenvalue weighted by molar-refractivity contribution is 7.13. The van der Waals surface area contributed by atoms with Gasteiger partial charge in [0.05, 0.1) is 24.0 Å². The highest BCUT2D eigenvalue weighted by Gasteiger charge is 2.14. The number of benzene rings is 2. The van der Waals surface area contributed by atoms with Gasteiger partial charge in [0.15, 0.2) is 17.5 Å². The van der Waals surface area contributed by atoms with Crippen molar-refractivity contribution in [2.45, 2.75) is 25.9 Å². The van der Waals surface area contributed by atoms with Gasteiger partial charge in [-0.05, 0) is 42.8 Å². The molecule has 0 saturated carbocycles. The molecular formula is C20H17ClF3NO2S. The first-order valence-corrected chi connectivity index (χ1v) is 9.78. The molecule has 0 amide bonds. The Morgan fingerprint density at radius 3 is 2.57 bits per heavy atom. The fourth-order valence-corrected chi connectivity index (χ4v) is 3.68. The molecule has 0 bridgehead atoms. The van der Waals surface area contributed by atoms with Crippen LogP contribution in [-0.2, 0) is 12.8 Å². The van der Waals surface area contributed by atoms with E-state index in [0.29, 0.717) is 33.3 Å². The van der Waals surface area contributed by atoms with Crippen molar-refractivity contribution in [3.63, 3.8) is 0 Å². The van der Waals surface area contributed by atoms with Crippen LogP contribution < -0.4 is 4.74 Å². The summed E-state index contributed by atoms with van der Waals surface area (Å²) in [6, 6.07) is 6.99.